The number of allylic oxidation sites excluding steroid dienone is 4. The van der Waals surface area contributed by atoms with Gasteiger partial charge in [0.05, 0.1) is 6.04 Å². The molecule has 0 saturated heterocycles. The number of hydrogen-bond donors (Lipinski definition) is 0. The Morgan fingerprint density at radius 2 is 0.656 bits per heavy atom. The van der Waals surface area contributed by atoms with Crippen molar-refractivity contribution in [2.24, 2.45) is 0 Å². The van der Waals surface area contributed by atoms with Gasteiger partial charge in [0, 0.05) is 62.6 Å². The zero-order chi connectivity index (χ0) is 42.9. The second-order valence-corrected chi connectivity index (χ2v) is 16.1. The maximum atomic E-state index is 2.50. The molecule has 8 aromatic carbocycles. The maximum Gasteiger partial charge on any atom is 0.0561 e. The Bertz CT molecular complexity index is 2790. The molecule has 0 spiro atoms. The van der Waals surface area contributed by atoms with Gasteiger partial charge in [-0.05, 0) is 152 Å². The maximum absolute atomic E-state index is 2.50. The molecule has 0 aliphatic heterocycles. The van der Waals surface area contributed by atoms with Gasteiger partial charge in [-0.3, -0.25) is 0 Å². The summed E-state index contributed by atoms with van der Waals surface area (Å²) in [4.78, 5) is 9.47. The zero-order valence-electron chi connectivity index (χ0n) is 35.8. The molecule has 0 fully saturated rings. The van der Waals surface area contributed by atoms with Crippen molar-refractivity contribution in [3.63, 3.8) is 0 Å². The van der Waals surface area contributed by atoms with Gasteiger partial charge < -0.3 is 19.6 Å². The average molecular weight is 827 g/mol. The largest absolute Gasteiger partial charge is 0.335 e. The van der Waals surface area contributed by atoms with E-state index in [1.165, 1.54) is 28.2 Å². The van der Waals surface area contributed by atoms with Crippen LogP contribution in [0.15, 0.2) is 272 Å². The van der Waals surface area contributed by atoms with Crippen molar-refractivity contribution in [2.45, 2.75) is 25.3 Å². The molecule has 0 radical (unpaired) electrons. The molecule has 64 heavy (non-hydrogen) atoms. The SMILES string of the molecule is C1=CC(N(c2ccc(-c3ccc(N(c4ccccc4)c4ccc(N(c5ccccc5)c5ccccc5)cc4)cc3)cc2)C2C=CC(N(c3ccccc3)c3ccccc3)=CC2)=CCC1. The third-order valence-electron chi connectivity index (χ3n) is 11.9. The molecule has 0 amide bonds. The molecule has 0 saturated carbocycles. The number of para-hydroxylation sites is 5. The van der Waals surface area contributed by atoms with Gasteiger partial charge in [0.2, 0.25) is 0 Å². The van der Waals surface area contributed by atoms with Gasteiger partial charge in [-0.1, -0.05) is 140 Å². The summed E-state index contributed by atoms with van der Waals surface area (Å²) in [6, 6.07) is 80.1. The fourth-order valence-electron chi connectivity index (χ4n) is 8.86. The molecular formula is C60H50N4. The highest BCUT2D eigenvalue weighted by Crippen LogP contribution is 2.40. The minimum atomic E-state index is 0.175. The zero-order valence-corrected chi connectivity index (χ0v) is 35.8. The Morgan fingerprint density at radius 3 is 1.02 bits per heavy atom. The van der Waals surface area contributed by atoms with E-state index in [1.54, 1.807) is 0 Å². The van der Waals surface area contributed by atoms with Crippen LogP contribution >= 0.6 is 0 Å². The third-order valence-corrected chi connectivity index (χ3v) is 11.9. The molecular weight excluding hydrogens is 777 g/mol. The summed E-state index contributed by atoms with van der Waals surface area (Å²) >= 11 is 0. The summed E-state index contributed by atoms with van der Waals surface area (Å²) in [5.41, 5.74) is 14.9. The van der Waals surface area contributed by atoms with E-state index in [0.717, 1.165) is 64.8 Å². The molecule has 4 heteroatoms. The first-order chi connectivity index (χ1) is 31.8. The van der Waals surface area contributed by atoms with Crippen LogP contribution in [0, 0.1) is 0 Å². The number of hydrogen-bond acceptors (Lipinski definition) is 4. The van der Waals surface area contributed by atoms with Gasteiger partial charge in [0.1, 0.15) is 0 Å². The van der Waals surface area contributed by atoms with E-state index >= 15 is 0 Å². The molecule has 8 aromatic rings. The lowest BCUT2D eigenvalue weighted by Crippen LogP contribution is -2.34. The minimum absolute atomic E-state index is 0.175. The van der Waals surface area contributed by atoms with E-state index in [0.29, 0.717) is 0 Å². The van der Waals surface area contributed by atoms with Crippen LogP contribution in [0.2, 0.25) is 0 Å². The van der Waals surface area contributed by atoms with Crippen molar-refractivity contribution in [3.8, 4) is 11.1 Å². The summed E-state index contributed by atoms with van der Waals surface area (Å²) in [7, 11) is 0. The Labute approximate surface area is 377 Å². The first kappa shape index (κ1) is 40.0. The Kier molecular flexibility index (Phi) is 11.8. The molecule has 2 aliphatic rings. The lowest BCUT2D eigenvalue weighted by molar-refractivity contribution is 0.748. The van der Waals surface area contributed by atoms with Crippen molar-refractivity contribution in [2.75, 3.05) is 19.6 Å². The number of benzene rings is 8. The molecule has 1 unspecified atom stereocenters. The third kappa shape index (κ3) is 8.68. The summed E-state index contributed by atoms with van der Waals surface area (Å²) in [6.07, 6.45) is 17.0. The van der Waals surface area contributed by atoms with Crippen molar-refractivity contribution in [1.29, 1.82) is 0 Å². The van der Waals surface area contributed by atoms with Gasteiger partial charge in [0.25, 0.3) is 0 Å². The van der Waals surface area contributed by atoms with Crippen LogP contribution in [0.5, 0.6) is 0 Å². The standard InChI is InChI=1S/C60H50N4/c1-7-19-49(20-8-1)61(50-21-9-2-10-22-50)57-39-43-59(44-40-57)63(53-27-15-5-16-28-53)55-35-31-47(32-36-55)48-33-37-56(38-34-48)64(54-29-17-6-18-30-54)60-45-41-58(42-46-60)62(51-23-11-3-12-24-51)52-25-13-4-14-26-52/h1-5,7-17,19-45,60H,6,18,46H2. The predicted molar refractivity (Wildman–Crippen MR) is 271 cm³/mol. The Hall–Kier alpha value is -8.08. The van der Waals surface area contributed by atoms with Gasteiger partial charge >= 0.3 is 0 Å². The minimum Gasteiger partial charge on any atom is -0.335 e. The molecule has 0 bridgehead atoms. The van der Waals surface area contributed by atoms with Crippen LogP contribution < -0.4 is 19.6 Å². The second-order valence-electron chi connectivity index (χ2n) is 16.1. The van der Waals surface area contributed by atoms with Crippen LogP contribution in [0.3, 0.4) is 0 Å². The second kappa shape index (κ2) is 18.9. The number of rotatable bonds is 13. The van der Waals surface area contributed by atoms with E-state index in [4.69, 9.17) is 0 Å². The summed E-state index contributed by atoms with van der Waals surface area (Å²) in [6.45, 7) is 0. The monoisotopic (exact) mass is 826 g/mol. The van der Waals surface area contributed by atoms with Crippen molar-refractivity contribution >= 4 is 51.2 Å². The number of nitrogens with zero attached hydrogens (tertiary/aromatic N) is 4. The Balaban J connectivity index is 0.908. The lowest BCUT2D eigenvalue weighted by atomic mass is 9.99. The quantitative estimate of drug-likeness (QED) is 0.115. The fraction of sp³-hybridized carbons (Fsp3) is 0.0667. The van der Waals surface area contributed by atoms with Gasteiger partial charge in [-0.2, -0.15) is 0 Å². The van der Waals surface area contributed by atoms with E-state index in [2.05, 4.69) is 281 Å². The highest BCUT2D eigenvalue weighted by Gasteiger charge is 2.24. The van der Waals surface area contributed by atoms with Crippen molar-refractivity contribution < 1.29 is 0 Å². The highest BCUT2D eigenvalue weighted by atomic mass is 15.2. The van der Waals surface area contributed by atoms with E-state index in [1.807, 2.05) is 0 Å². The molecule has 1 atom stereocenters. The van der Waals surface area contributed by atoms with Crippen molar-refractivity contribution in [3.05, 3.63) is 272 Å². The molecule has 0 aromatic heterocycles. The highest BCUT2D eigenvalue weighted by molar-refractivity contribution is 5.82. The van der Waals surface area contributed by atoms with E-state index in [9.17, 15) is 0 Å². The molecule has 2 aliphatic carbocycles. The normalized spacial score (nSPS) is 14.3. The summed E-state index contributed by atoms with van der Waals surface area (Å²) in [5, 5.41) is 0. The lowest BCUT2D eigenvalue weighted by Gasteiger charge is -2.36. The molecule has 4 nitrogen and oxygen atoms in total. The topological polar surface area (TPSA) is 13.0 Å². The van der Waals surface area contributed by atoms with Crippen LogP contribution in [0.1, 0.15) is 19.3 Å². The molecule has 0 N–H and O–H groups in total. The average Bonchev–Trinajstić information content (AvgIpc) is 3.38. The Morgan fingerprint density at radius 1 is 0.297 bits per heavy atom. The van der Waals surface area contributed by atoms with E-state index < -0.39 is 0 Å². The van der Waals surface area contributed by atoms with Crippen molar-refractivity contribution in [1.82, 2.24) is 0 Å². The first-order valence-electron chi connectivity index (χ1n) is 22.3. The first-order valence-corrected chi connectivity index (χ1v) is 22.3. The van der Waals surface area contributed by atoms with Crippen LogP contribution in [0.4, 0.5) is 51.2 Å². The van der Waals surface area contributed by atoms with Gasteiger partial charge in [0.15, 0.2) is 0 Å². The van der Waals surface area contributed by atoms with Crippen LogP contribution in [-0.4, -0.2) is 6.04 Å². The molecule has 310 valence electrons. The fourth-order valence-corrected chi connectivity index (χ4v) is 8.86. The van der Waals surface area contributed by atoms with E-state index in [-0.39, 0.29) is 6.04 Å². The number of anilines is 9. The molecule has 0 heterocycles. The summed E-state index contributed by atoms with van der Waals surface area (Å²) in [5.74, 6) is 0. The van der Waals surface area contributed by atoms with Gasteiger partial charge in [-0.25, -0.2) is 0 Å². The summed E-state index contributed by atoms with van der Waals surface area (Å²) < 4.78 is 0. The van der Waals surface area contributed by atoms with Crippen LogP contribution in [-0.2, 0) is 0 Å². The smallest absolute Gasteiger partial charge is 0.0561 e. The predicted octanol–water partition coefficient (Wildman–Crippen LogP) is 16.4. The van der Waals surface area contributed by atoms with Crippen LogP contribution in [0.25, 0.3) is 11.1 Å². The molecule has 10 rings (SSSR count). The van der Waals surface area contributed by atoms with Gasteiger partial charge in [-0.15, -0.1) is 0 Å².